The van der Waals surface area contributed by atoms with Crippen molar-refractivity contribution in [3.8, 4) is 0 Å². The molecule has 1 aromatic rings. The summed E-state index contributed by atoms with van der Waals surface area (Å²) in [5.74, 6) is 0.446. The highest BCUT2D eigenvalue weighted by molar-refractivity contribution is 7.89. The zero-order valence-corrected chi connectivity index (χ0v) is 16.9. The van der Waals surface area contributed by atoms with E-state index in [1.165, 1.54) is 4.31 Å². The number of nitrogens with zero attached hydrogens (tertiary/aromatic N) is 1. The smallest absolute Gasteiger partial charge is 0.351 e. The Labute approximate surface area is 163 Å². The molecule has 1 aromatic carbocycles. The van der Waals surface area contributed by atoms with E-state index < -0.39 is 21.8 Å². The van der Waals surface area contributed by atoms with Crippen LogP contribution in [0, 0.1) is 5.92 Å². The fourth-order valence-electron chi connectivity index (χ4n) is 2.97. The molecule has 2 rings (SSSR count). The number of quaternary nitrogens is 1. The first-order valence-corrected chi connectivity index (χ1v) is 10.7. The van der Waals surface area contributed by atoms with E-state index in [2.05, 4.69) is 19.2 Å². The summed E-state index contributed by atoms with van der Waals surface area (Å²) in [5, 5.41) is 2.86. The normalized spacial score (nSPS) is 17.1. The van der Waals surface area contributed by atoms with Crippen LogP contribution in [0.3, 0.4) is 0 Å². The summed E-state index contributed by atoms with van der Waals surface area (Å²) in [6.45, 7) is 6.44. The van der Waals surface area contributed by atoms with Gasteiger partial charge < -0.3 is 10.2 Å². The Balaban J connectivity index is 1.88. The number of halogens is 3. The highest BCUT2D eigenvalue weighted by Crippen LogP contribution is 2.30. The van der Waals surface area contributed by atoms with E-state index in [1.807, 2.05) is 0 Å². The molecule has 0 aliphatic carbocycles. The second-order valence-electron chi connectivity index (χ2n) is 7.39. The van der Waals surface area contributed by atoms with Crippen LogP contribution in [0.15, 0.2) is 29.2 Å². The highest BCUT2D eigenvalue weighted by atomic mass is 32.2. The molecule has 2 N–H and O–H groups in total. The van der Waals surface area contributed by atoms with Crippen molar-refractivity contribution in [2.75, 3.05) is 39.3 Å². The molecule has 158 valence electrons. The molecule has 1 aliphatic heterocycles. The quantitative estimate of drug-likeness (QED) is 0.682. The highest BCUT2D eigenvalue weighted by Gasteiger charge is 2.33. The van der Waals surface area contributed by atoms with Gasteiger partial charge in [-0.1, -0.05) is 13.8 Å². The van der Waals surface area contributed by atoms with Crippen molar-refractivity contribution < 1.29 is 31.3 Å². The Bertz CT molecular complexity index is 757. The van der Waals surface area contributed by atoms with Crippen LogP contribution in [0.4, 0.5) is 13.2 Å². The lowest BCUT2D eigenvalue weighted by Gasteiger charge is -2.31. The van der Waals surface area contributed by atoms with Gasteiger partial charge in [0.15, 0.2) is 6.54 Å². The molecule has 0 radical (unpaired) electrons. The van der Waals surface area contributed by atoms with Gasteiger partial charge in [-0.25, -0.2) is 8.42 Å². The number of piperazine rings is 1. The Kier molecular flexibility index (Phi) is 7.46. The first kappa shape index (κ1) is 22.6. The SMILES string of the molecule is CC(C)CCNC(=O)C[NH+]1CCN(S(=O)(=O)c2ccc(C(F)(F)F)cc2)CC1. The number of hydrogen-bond acceptors (Lipinski definition) is 3. The minimum Gasteiger partial charge on any atom is -0.351 e. The third kappa shape index (κ3) is 6.18. The number of sulfonamides is 1. The molecule has 0 aromatic heterocycles. The van der Waals surface area contributed by atoms with Crippen molar-refractivity contribution in [2.45, 2.75) is 31.3 Å². The van der Waals surface area contributed by atoms with Crippen LogP contribution in [0.5, 0.6) is 0 Å². The molecule has 1 amide bonds. The maximum atomic E-state index is 12.6. The van der Waals surface area contributed by atoms with E-state index in [1.54, 1.807) is 0 Å². The molecule has 0 spiro atoms. The second-order valence-corrected chi connectivity index (χ2v) is 9.32. The molecule has 0 unspecified atom stereocenters. The predicted molar refractivity (Wildman–Crippen MR) is 98.2 cm³/mol. The largest absolute Gasteiger partial charge is 0.416 e. The molecular weight excluding hydrogens is 395 g/mol. The van der Waals surface area contributed by atoms with Crippen LogP contribution in [0.1, 0.15) is 25.8 Å². The van der Waals surface area contributed by atoms with Crippen LogP contribution >= 0.6 is 0 Å². The van der Waals surface area contributed by atoms with Gasteiger partial charge in [0, 0.05) is 6.54 Å². The molecule has 28 heavy (non-hydrogen) atoms. The fraction of sp³-hybridized carbons (Fsp3) is 0.611. The number of hydrogen-bond donors (Lipinski definition) is 2. The number of carbonyl (C=O) groups excluding carboxylic acids is 1. The van der Waals surface area contributed by atoms with Crippen LogP contribution in [-0.4, -0.2) is 57.9 Å². The molecule has 1 fully saturated rings. The van der Waals surface area contributed by atoms with E-state index in [0.717, 1.165) is 35.6 Å². The fourth-order valence-corrected chi connectivity index (χ4v) is 4.42. The summed E-state index contributed by atoms with van der Waals surface area (Å²) in [7, 11) is -3.85. The summed E-state index contributed by atoms with van der Waals surface area (Å²) in [5.41, 5.74) is -0.885. The Morgan fingerprint density at radius 3 is 2.25 bits per heavy atom. The summed E-state index contributed by atoms with van der Waals surface area (Å²) in [6, 6.07) is 3.52. The maximum absolute atomic E-state index is 12.6. The summed E-state index contributed by atoms with van der Waals surface area (Å²) in [6.07, 6.45) is -3.60. The van der Waals surface area contributed by atoms with Crippen LogP contribution in [0.2, 0.25) is 0 Å². The first-order valence-electron chi connectivity index (χ1n) is 9.28. The van der Waals surface area contributed by atoms with E-state index in [0.29, 0.717) is 25.6 Å². The Morgan fingerprint density at radius 1 is 1.18 bits per heavy atom. The maximum Gasteiger partial charge on any atom is 0.416 e. The van der Waals surface area contributed by atoms with Gasteiger partial charge in [-0.2, -0.15) is 17.5 Å². The zero-order chi connectivity index (χ0) is 20.9. The van der Waals surface area contributed by atoms with Gasteiger partial charge in [0.2, 0.25) is 10.0 Å². The van der Waals surface area contributed by atoms with Crippen LogP contribution in [-0.2, 0) is 21.0 Å². The minimum atomic E-state index is -4.51. The molecule has 0 bridgehead atoms. The van der Waals surface area contributed by atoms with E-state index in [4.69, 9.17) is 0 Å². The molecule has 1 saturated heterocycles. The van der Waals surface area contributed by atoms with Crippen molar-refractivity contribution in [2.24, 2.45) is 5.92 Å². The average Bonchev–Trinajstić information content (AvgIpc) is 2.61. The third-order valence-electron chi connectivity index (χ3n) is 4.70. The monoisotopic (exact) mass is 422 g/mol. The molecule has 6 nitrogen and oxygen atoms in total. The van der Waals surface area contributed by atoms with Gasteiger partial charge >= 0.3 is 6.18 Å². The lowest BCUT2D eigenvalue weighted by atomic mass is 10.1. The van der Waals surface area contributed by atoms with Crippen molar-refractivity contribution >= 4 is 15.9 Å². The number of alkyl halides is 3. The van der Waals surface area contributed by atoms with Crippen molar-refractivity contribution in [3.05, 3.63) is 29.8 Å². The van der Waals surface area contributed by atoms with Crippen LogP contribution < -0.4 is 10.2 Å². The molecule has 10 heteroatoms. The second kappa shape index (κ2) is 9.23. The van der Waals surface area contributed by atoms with Gasteiger partial charge in [-0.15, -0.1) is 0 Å². The summed E-state index contributed by atoms with van der Waals surface area (Å²) in [4.78, 5) is 12.8. The molecule has 0 saturated carbocycles. The minimum absolute atomic E-state index is 0.0605. The third-order valence-corrected chi connectivity index (χ3v) is 6.62. The van der Waals surface area contributed by atoms with E-state index >= 15 is 0 Å². The molecule has 1 heterocycles. The number of nitrogens with one attached hydrogen (secondary N) is 2. The predicted octanol–water partition coefficient (Wildman–Crippen LogP) is 0.757. The van der Waals surface area contributed by atoms with E-state index in [-0.39, 0.29) is 30.4 Å². The number of rotatable bonds is 7. The lowest BCUT2D eigenvalue weighted by Crippen LogP contribution is -3.15. The lowest BCUT2D eigenvalue weighted by molar-refractivity contribution is -0.895. The number of carbonyl (C=O) groups is 1. The van der Waals surface area contributed by atoms with Crippen molar-refractivity contribution in [1.82, 2.24) is 9.62 Å². The molecule has 0 atom stereocenters. The van der Waals surface area contributed by atoms with Gasteiger partial charge in [0.05, 0.1) is 36.6 Å². The van der Waals surface area contributed by atoms with Crippen molar-refractivity contribution in [1.29, 1.82) is 0 Å². The number of benzene rings is 1. The topological polar surface area (TPSA) is 70.9 Å². The molecule has 1 aliphatic rings. The standard InChI is InChI=1S/C18H26F3N3O3S/c1-14(2)7-8-22-17(25)13-23-9-11-24(12-10-23)28(26,27)16-5-3-15(4-6-16)18(19,20)21/h3-6,14H,7-13H2,1-2H3,(H,22,25)/p+1. The van der Waals surface area contributed by atoms with Gasteiger partial charge in [0.1, 0.15) is 0 Å². The van der Waals surface area contributed by atoms with Gasteiger partial charge in [-0.05, 0) is 36.6 Å². The molecular formula is C18H27F3N3O3S+. The Hall–Kier alpha value is -1.65. The first-order chi connectivity index (χ1) is 13.0. The number of amides is 1. The van der Waals surface area contributed by atoms with Gasteiger partial charge in [0.25, 0.3) is 5.91 Å². The summed E-state index contributed by atoms with van der Waals surface area (Å²) >= 11 is 0. The summed E-state index contributed by atoms with van der Waals surface area (Å²) < 4.78 is 64.5. The average molecular weight is 422 g/mol. The van der Waals surface area contributed by atoms with Crippen LogP contribution in [0.25, 0.3) is 0 Å². The Morgan fingerprint density at radius 2 is 1.75 bits per heavy atom. The zero-order valence-electron chi connectivity index (χ0n) is 16.1. The van der Waals surface area contributed by atoms with Gasteiger partial charge in [-0.3, -0.25) is 4.79 Å². The van der Waals surface area contributed by atoms with E-state index in [9.17, 15) is 26.4 Å². The van der Waals surface area contributed by atoms with Crippen molar-refractivity contribution in [3.63, 3.8) is 0 Å².